The lowest BCUT2D eigenvalue weighted by atomic mass is 10.1. The average Bonchev–Trinajstić information content (AvgIpc) is 3.19. The van der Waals surface area contributed by atoms with Gasteiger partial charge in [-0.05, 0) is 43.5 Å². The highest BCUT2D eigenvalue weighted by Gasteiger charge is 2.23. The standard InChI is InChI=1S/C20H19Cl2N5O2S/c21-13-7-5-8-14(16(13)22)23-18-19(26-30-25-18)24-15-9-4-6-12(17(15)28)20(29)27-10-2-1-3-11-27/h4-9,28H,1-3,10-11H2,(H,23,25)(H,24,26). The molecule has 7 nitrogen and oxygen atoms in total. The molecule has 2 heterocycles. The van der Waals surface area contributed by atoms with Gasteiger partial charge >= 0.3 is 0 Å². The van der Waals surface area contributed by atoms with E-state index in [4.69, 9.17) is 23.2 Å². The summed E-state index contributed by atoms with van der Waals surface area (Å²) in [4.78, 5) is 14.6. The third-order valence-corrected chi connectivity index (χ3v) is 6.20. The number of phenolic OH excluding ortho intramolecular Hbond substituents is 1. The number of piperidine rings is 1. The SMILES string of the molecule is O=C(c1cccc(Nc2nsnc2Nc2cccc(Cl)c2Cl)c1O)N1CCCCC1. The van der Waals surface area contributed by atoms with Crippen molar-refractivity contribution in [2.75, 3.05) is 23.7 Å². The number of phenols is 1. The van der Waals surface area contributed by atoms with E-state index < -0.39 is 0 Å². The highest BCUT2D eigenvalue weighted by Crippen LogP contribution is 2.36. The summed E-state index contributed by atoms with van der Waals surface area (Å²) in [5.41, 5.74) is 1.21. The number of nitrogens with zero attached hydrogens (tertiary/aromatic N) is 3. The molecule has 0 aliphatic carbocycles. The number of aromatic hydroxyl groups is 1. The number of carbonyl (C=O) groups excluding carboxylic acids is 1. The number of hydrogen-bond donors (Lipinski definition) is 3. The number of likely N-dealkylation sites (tertiary alicyclic amines) is 1. The first kappa shape index (κ1) is 20.7. The van der Waals surface area contributed by atoms with E-state index >= 15 is 0 Å². The molecule has 0 saturated carbocycles. The van der Waals surface area contributed by atoms with Crippen molar-refractivity contribution in [3.8, 4) is 5.75 Å². The highest BCUT2D eigenvalue weighted by molar-refractivity contribution is 6.99. The lowest BCUT2D eigenvalue weighted by Gasteiger charge is -2.27. The summed E-state index contributed by atoms with van der Waals surface area (Å²) in [6.07, 6.45) is 3.09. The van der Waals surface area contributed by atoms with E-state index in [-0.39, 0.29) is 17.2 Å². The molecule has 10 heteroatoms. The fourth-order valence-corrected chi connectivity index (χ4v) is 4.11. The molecule has 0 unspecified atom stereocenters. The Hall–Kier alpha value is -2.55. The molecule has 2 aromatic carbocycles. The number of amides is 1. The smallest absolute Gasteiger partial charge is 0.257 e. The molecule has 0 atom stereocenters. The topological polar surface area (TPSA) is 90.4 Å². The summed E-state index contributed by atoms with van der Waals surface area (Å²) in [5.74, 6) is 0.536. The Bertz CT molecular complexity index is 1070. The Morgan fingerprint density at radius 1 is 0.967 bits per heavy atom. The Morgan fingerprint density at radius 2 is 1.60 bits per heavy atom. The van der Waals surface area contributed by atoms with E-state index in [1.165, 1.54) is 0 Å². The predicted molar refractivity (Wildman–Crippen MR) is 121 cm³/mol. The maximum Gasteiger partial charge on any atom is 0.257 e. The second-order valence-electron chi connectivity index (χ2n) is 6.87. The molecule has 0 bridgehead atoms. The van der Waals surface area contributed by atoms with Gasteiger partial charge in [0.25, 0.3) is 5.91 Å². The molecule has 1 aliphatic rings. The van der Waals surface area contributed by atoms with Gasteiger partial charge in [-0.2, -0.15) is 8.75 Å². The molecular weight excluding hydrogens is 445 g/mol. The van der Waals surface area contributed by atoms with Crippen molar-refractivity contribution >= 4 is 63.8 Å². The van der Waals surface area contributed by atoms with Crippen molar-refractivity contribution < 1.29 is 9.90 Å². The van der Waals surface area contributed by atoms with Gasteiger partial charge in [-0.3, -0.25) is 4.79 Å². The first-order valence-electron chi connectivity index (χ1n) is 9.46. The van der Waals surface area contributed by atoms with Gasteiger partial charge in [-0.25, -0.2) is 0 Å². The number of halogens is 2. The second-order valence-corrected chi connectivity index (χ2v) is 8.18. The van der Waals surface area contributed by atoms with Crippen molar-refractivity contribution in [3.05, 3.63) is 52.0 Å². The summed E-state index contributed by atoms with van der Waals surface area (Å²) in [6, 6.07) is 10.3. The zero-order valence-electron chi connectivity index (χ0n) is 15.9. The van der Waals surface area contributed by atoms with Crippen LogP contribution in [0.2, 0.25) is 10.0 Å². The molecule has 1 amide bonds. The normalized spacial score (nSPS) is 13.9. The Labute approximate surface area is 188 Å². The first-order chi connectivity index (χ1) is 14.5. The average molecular weight is 464 g/mol. The molecule has 156 valence electrons. The predicted octanol–water partition coefficient (Wildman–Crippen LogP) is 5.66. The Balaban J connectivity index is 1.56. The van der Waals surface area contributed by atoms with Crippen LogP contribution in [0.3, 0.4) is 0 Å². The van der Waals surface area contributed by atoms with Crippen LogP contribution in [-0.4, -0.2) is 37.8 Å². The van der Waals surface area contributed by atoms with Gasteiger partial charge in [0.1, 0.15) is 0 Å². The molecule has 1 saturated heterocycles. The molecule has 0 radical (unpaired) electrons. The second kappa shape index (κ2) is 9.07. The summed E-state index contributed by atoms with van der Waals surface area (Å²) in [6.45, 7) is 1.42. The van der Waals surface area contributed by atoms with Gasteiger partial charge < -0.3 is 20.6 Å². The summed E-state index contributed by atoms with van der Waals surface area (Å²) < 4.78 is 8.48. The van der Waals surface area contributed by atoms with Crippen molar-refractivity contribution in [2.45, 2.75) is 19.3 Å². The maximum absolute atomic E-state index is 12.8. The molecular formula is C20H19Cl2N5O2S. The third kappa shape index (κ3) is 4.30. The maximum atomic E-state index is 12.8. The van der Waals surface area contributed by atoms with E-state index in [1.807, 2.05) is 0 Å². The van der Waals surface area contributed by atoms with Crippen LogP contribution >= 0.6 is 34.9 Å². The molecule has 0 spiro atoms. The minimum Gasteiger partial charge on any atom is -0.505 e. The van der Waals surface area contributed by atoms with E-state index in [9.17, 15) is 9.90 Å². The zero-order chi connectivity index (χ0) is 21.1. The van der Waals surface area contributed by atoms with Crippen LogP contribution in [0.25, 0.3) is 0 Å². The van der Waals surface area contributed by atoms with Gasteiger partial charge in [-0.15, -0.1) is 0 Å². The Morgan fingerprint density at radius 3 is 2.33 bits per heavy atom. The van der Waals surface area contributed by atoms with Crippen LogP contribution in [-0.2, 0) is 0 Å². The first-order valence-corrected chi connectivity index (χ1v) is 10.9. The van der Waals surface area contributed by atoms with Gasteiger partial charge in [0, 0.05) is 13.1 Å². The zero-order valence-corrected chi connectivity index (χ0v) is 18.2. The number of para-hydroxylation sites is 1. The van der Waals surface area contributed by atoms with Crippen molar-refractivity contribution in [3.63, 3.8) is 0 Å². The summed E-state index contributed by atoms with van der Waals surface area (Å²) >= 11 is 13.3. The Kier molecular flexibility index (Phi) is 6.26. The number of hydrogen-bond acceptors (Lipinski definition) is 7. The monoisotopic (exact) mass is 463 g/mol. The van der Waals surface area contributed by atoms with Crippen LogP contribution in [0.1, 0.15) is 29.6 Å². The van der Waals surface area contributed by atoms with Gasteiger partial charge in [0.15, 0.2) is 17.4 Å². The van der Waals surface area contributed by atoms with E-state index in [0.717, 1.165) is 31.0 Å². The van der Waals surface area contributed by atoms with E-state index in [1.54, 1.807) is 41.3 Å². The lowest BCUT2D eigenvalue weighted by molar-refractivity contribution is 0.0721. The number of aromatic nitrogens is 2. The number of carbonyl (C=O) groups is 1. The molecule has 4 rings (SSSR count). The number of anilines is 4. The van der Waals surface area contributed by atoms with Crippen molar-refractivity contribution in [1.29, 1.82) is 0 Å². The van der Waals surface area contributed by atoms with Crippen molar-refractivity contribution in [2.24, 2.45) is 0 Å². The van der Waals surface area contributed by atoms with Crippen LogP contribution in [0.15, 0.2) is 36.4 Å². The molecule has 3 N–H and O–H groups in total. The number of rotatable bonds is 5. The van der Waals surface area contributed by atoms with E-state index in [2.05, 4.69) is 19.4 Å². The molecule has 3 aromatic rings. The van der Waals surface area contributed by atoms with Crippen LogP contribution < -0.4 is 10.6 Å². The van der Waals surface area contributed by atoms with Gasteiger partial charge in [0.2, 0.25) is 0 Å². The minimum atomic E-state index is -0.170. The fraction of sp³-hybridized carbons (Fsp3) is 0.250. The minimum absolute atomic E-state index is 0.118. The summed E-state index contributed by atoms with van der Waals surface area (Å²) in [7, 11) is 0. The van der Waals surface area contributed by atoms with Gasteiger partial charge in [-0.1, -0.05) is 35.3 Å². The quantitative estimate of drug-likeness (QED) is 0.422. The van der Waals surface area contributed by atoms with Crippen LogP contribution in [0, 0.1) is 0 Å². The number of nitrogens with one attached hydrogen (secondary N) is 2. The molecule has 30 heavy (non-hydrogen) atoms. The van der Waals surface area contributed by atoms with E-state index in [0.29, 0.717) is 46.1 Å². The van der Waals surface area contributed by atoms with Crippen molar-refractivity contribution in [1.82, 2.24) is 13.6 Å². The van der Waals surface area contributed by atoms with Crippen LogP contribution in [0.4, 0.5) is 23.0 Å². The fourth-order valence-electron chi connectivity index (χ4n) is 3.29. The van der Waals surface area contributed by atoms with Gasteiger partial charge in [0.05, 0.1) is 38.7 Å². The molecule has 1 fully saturated rings. The number of benzene rings is 2. The highest BCUT2D eigenvalue weighted by atomic mass is 35.5. The molecule has 1 aromatic heterocycles. The third-order valence-electron chi connectivity index (χ3n) is 4.86. The van der Waals surface area contributed by atoms with Crippen LogP contribution in [0.5, 0.6) is 5.75 Å². The molecule has 1 aliphatic heterocycles. The lowest BCUT2D eigenvalue weighted by Crippen LogP contribution is -2.35. The largest absolute Gasteiger partial charge is 0.505 e. The summed E-state index contributed by atoms with van der Waals surface area (Å²) in [5, 5.41) is 17.7.